The number of nitrogens with zero attached hydrogens (tertiary/aromatic N) is 1. The summed E-state index contributed by atoms with van der Waals surface area (Å²) < 4.78 is 5.35. The van der Waals surface area contributed by atoms with Gasteiger partial charge in [-0.15, -0.1) is 0 Å². The molecule has 0 saturated carbocycles. The van der Waals surface area contributed by atoms with Crippen LogP contribution in [-0.2, 0) is 6.42 Å². The highest BCUT2D eigenvalue weighted by molar-refractivity contribution is 5.94. The number of rotatable bonds is 8. The van der Waals surface area contributed by atoms with Crippen LogP contribution in [-0.4, -0.2) is 52.7 Å². The number of aromatic amines is 2. The van der Waals surface area contributed by atoms with E-state index in [1.54, 1.807) is 19.2 Å². The number of benzene rings is 2. The number of likely N-dealkylation sites (tertiary alicyclic amines) is 1. The fraction of sp³-hybridized carbons (Fsp3) is 0.370. The number of hydrogen-bond donors (Lipinski definition) is 3. The van der Waals surface area contributed by atoms with E-state index in [4.69, 9.17) is 4.74 Å². The number of fused-ring (bicyclic) bond motifs is 2. The van der Waals surface area contributed by atoms with Gasteiger partial charge in [0, 0.05) is 39.6 Å². The van der Waals surface area contributed by atoms with Crippen molar-refractivity contribution in [1.82, 2.24) is 14.9 Å². The predicted octanol–water partition coefficient (Wildman–Crippen LogP) is 5.56. The van der Waals surface area contributed by atoms with Crippen molar-refractivity contribution < 1.29 is 14.6 Å². The molecule has 172 valence electrons. The third-order valence-electron chi connectivity index (χ3n) is 7.06. The molecule has 5 rings (SSSR count). The van der Waals surface area contributed by atoms with Gasteiger partial charge in [0.25, 0.3) is 0 Å². The fourth-order valence-corrected chi connectivity index (χ4v) is 5.12. The lowest BCUT2D eigenvalue weighted by molar-refractivity contribution is 0.0697. The van der Waals surface area contributed by atoms with E-state index in [2.05, 4.69) is 33.1 Å². The topological polar surface area (TPSA) is 81.3 Å². The van der Waals surface area contributed by atoms with Crippen LogP contribution in [0, 0.1) is 0 Å². The maximum atomic E-state index is 11.3. The van der Waals surface area contributed by atoms with Crippen molar-refractivity contribution in [1.29, 1.82) is 0 Å². The quantitative estimate of drug-likeness (QED) is 0.310. The van der Waals surface area contributed by atoms with Crippen LogP contribution in [0.15, 0.2) is 48.7 Å². The van der Waals surface area contributed by atoms with Crippen LogP contribution in [0.3, 0.4) is 0 Å². The summed E-state index contributed by atoms with van der Waals surface area (Å²) >= 11 is 0. The molecule has 0 bridgehead atoms. The zero-order valence-electron chi connectivity index (χ0n) is 19.1. The number of H-pyrrole nitrogens is 2. The van der Waals surface area contributed by atoms with E-state index >= 15 is 0 Å². The van der Waals surface area contributed by atoms with Gasteiger partial charge in [-0.3, -0.25) is 0 Å². The molecule has 3 N–H and O–H groups in total. The molecular formula is C27H31N3O3. The Morgan fingerprint density at radius 1 is 1.09 bits per heavy atom. The van der Waals surface area contributed by atoms with E-state index in [0.29, 0.717) is 11.5 Å². The molecular weight excluding hydrogens is 414 g/mol. The van der Waals surface area contributed by atoms with E-state index < -0.39 is 5.97 Å². The number of aromatic nitrogens is 2. The second-order valence-corrected chi connectivity index (χ2v) is 9.13. The molecule has 2 aromatic carbocycles. The van der Waals surface area contributed by atoms with Gasteiger partial charge in [0.15, 0.2) is 0 Å². The number of ether oxygens (including phenoxy) is 1. The number of carboxylic acid groups (broad SMARTS) is 1. The van der Waals surface area contributed by atoms with Gasteiger partial charge in [0.05, 0.1) is 12.7 Å². The molecule has 3 heterocycles. The number of unbranched alkanes of at least 4 members (excludes halogenated alkanes) is 1. The largest absolute Gasteiger partial charge is 0.497 e. The highest BCUT2D eigenvalue weighted by Crippen LogP contribution is 2.31. The minimum atomic E-state index is -0.875. The van der Waals surface area contributed by atoms with Gasteiger partial charge in [0.1, 0.15) is 5.75 Å². The van der Waals surface area contributed by atoms with Crippen molar-refractivity contribution in [3.63, 3.8) is 0 Å². The number of carboxylic acids is 1. The summed E-state index contributed by atoms with van der Waals surface area (Å²) in [7, 11) is 1.71. The molecule has 0 radical (unpaired) electrons. The van der Waals surface area contributed by atoms with Crippen molar-refractivity contribution in [3.05, 3.63) is 65.5 Å². The van der Waals surface area contributed by atoms with E-state index in [1.165, 1.54) is 35.0 Å². The molecule has 4 aromatic rings. The van der Waals surface area contributed by atoms with Crippen LogP contribution in [0.5, 0.6) is 5.75 Å². The van der Waals surface area contributed by atoms with Gasteiger partial charge >= 0.3 is 5.97 Å². The summed E-state index contributed by atoms with van der Waals surface area (Å²) in [5.74, 6) is 0.617. The zero-order chi connectivity index (χ0) is 22.8. The first-order valence-corrected chi connectivity index (χ1v) is 11.8. The van der Waals surface area contributed by atoms with Crippen molar-refractivity contribution in [2.24, 2.45) is 0 Å². The number of nitrogens with one attached hydrogen (secondary N) is 2. The Morgan fingerprint density at radius 3 is 2.70 bits per heavy atom. The molecule has 0 atom stereocenters. The Bertz CT molecular complexity index is 1260. The molecule has 1 fully saturated rings. The number of aromatic carboxylic acids is 1. The monoisotopic (exact) mass is 445 g/mol. The summed E-state index contributed by atoms with van der Waals surface area (Å²) in [6.45, 7) is 3.40. The molecule has 2 aromatic heterocycles. The van der Waals surface area contributed by atoms with Gasteiger partial charge in [0.2, 0.25) is 0 Å². The van der Waals surface area contributed by atoms with Crippen LogP contribution in [0.25, 0.3) is 21.8 Å². The lowest BCUT2D eigenvalue weighted by atomic mass is 9.93. The summed E-state index contributed by atoms with van der Waals surface area (Å²) in [6, 6.07) is 13.8. The molecule has 1 saturated heterocycles. The second-order valence-electron chi connectivity index (χ2n) is 9.13. The third-order valence-corrected chi connectivity index (χ3v) is 7.06. The average Bonchev–Trinajstić information content (AvgIpc) is 3.45. The van der Waals surface area contributed by atoms with Crippen molar-refractivity contribution in [2.75, 3.05) is 26.7 Å². The van der Waals surface area contributed by atoms with Crippen LogP contribution < -0.4 is 4.74 Å². The molecule has 6 nitrogen and oxygen atoms in total. The van der Waals surface area contributed by atoms with Gasteiger partial charge in [-0.1, -0.05) is 0 Å². The van der Waals surface area contributed by atoms with Crippen molar-refractivity contribution in [2.45, 2.75) is 38.0 Å². The van der Waals surface area contributed by atoms with Gasteiger partial charge in [-0.25, -0.2) is 4.79 Å². The molecule has 1 aliphatic heterocycles. The number of carbonyl (C=O) groups is 1. The number of hydrogen-bond acceptors (Lipinski definition) is 3. The minimum absolute atomic E-state index is 0.348. The van der Waals surface area contributed by atoms with Gasteiger partial charge in [-0.05, 0) is 99.8 Å². The molecule has 0 aliphatic carbocycles. The van der Waals surface area contributed by atoms with Crippen LogP contribution in [0.1, 0.15) is 53.2 Å². The summed E-state index contributed by atoms with van der Waals surface area (Å²) in [4.78, 5) is 20.7. The Balaban J connectivity index is 1.10. The highest BCUT2D eigenvalue weighted by atomic mass is 16.5. The number of aryl methyl sites for hydroxylation is 1. The van der Waals surface area contributed by atoms with Gasteiger partial charge in [-0.2, -0.15) is 0 Å². The van der Waals surface area contributed by atoms with Crippen LogP contribution in [0.4, 0.5) is 0 Å². The van der Waals surface area contributed by atoms with Crippen LogP contribution >= 0.6 is 0 Å². The second kappa shape index (κ2) is 9.32. The first-order chi connectivity index (χ1) is 16.1. The molecule has 6 heteroatoms. The molecule has 0 spiro atoms. The number of piperidine rings is 1. The Labute approximate surface area is 193 Å². The Morgan fingerprint density at radius 2 is 1.91 bits per heavy atom. The van der Waals surface area contributed by atoms with Crippen molar-refractivity contribution >= 4 is 27.8 Å². The first kappa shape index (κ1) is 21.6. The lowest BCUT2D eigenvalue weighted by Crippen LogP contribution is -2.33. The van der Waals surface area contributed by atoms with E-state index in [9.17, 15) is 9.90 Å². The predicted molar refractivity (Wildman–Crippen MR) is 131 cm³/mol. The summed E-state index contributed by atoms with van der Waals surface area (Å²) in [6.07, 6.45) is 7.63. The van der Waals surface area contributed by atoms with E-state index in [0.717, 1.165) is 55.5 Å². The summed E-state index contributed by atoms with van der Waals surface area (Å²) in [5.41, 5.74) is 5.09. The fourth-order valence-electron chi connectivity index (χ4n) is 5.12. The standard InChI is InChI=1S/C27H31N3O3/c1-33-22-6-8-24-21(14-22)16-26(29-24)18-9-12-30(13-10-18)11-3-2-4-20-17-28-25-7-5-19(27(31)32)15-23(20)25/h5-8,14-18,28-29H,2-4,9-13H2,1H3,(H,31,32). The first-order valence-electron chi connectivity index (χ1n) is 11.8. The highest BCUT2D eigenvalue weighted by Gasteiger charge is 2.22. The lowest BCUT2D eigenvalue weighted by Gasteiger charge is -2.31. The van der Waals surface area contributed by atoms with E-state index in [-0.39, 0.29) is 0 Å². The summed E-state index contributed by atoms with van der Waals surface area (Å²) in [5, 5.41) is 11.5. The molecule has 0 unspecified atom stereocenters. The zero-order valence-corrected chi connectivity index (χ0v) is 19.1. The molecule has 0 amide bonds. The maximum Gasteiger partial charge on any atom is 0.335 e. The average molecular weight is 446 g/mol. The van der Waals surface area contributed by atoms with Crippen molar-refractivity contribution in [3.8, 4) is 5.75 Å². The normalized spacial score (nSPS) is 15.4. The smallest absolute Gasteiger partial charge is 0.335 e. The Hall–Kier alpha value is -3.25. The number of methoxy groups -OCH3 is 1. The molecule has 33 heavy (non-hydrogen) atoms. The maximum absolute atomic E-state index is 11.3. The minimum Gasteiger partial charge on any atom is -0.497 e. The van der Waals surface area contributed by atoms with Crippen LogP contribution in [0.2, 0.25) is 0 Å². The Kier molecular flexibility index (Phi) is 6.09. The molecule has 1 aliphatic rings. The van der Waals surface area contributed by atoms with Gasteiger partial charge < -0.3 is 24.7 Å². The SMILES string of the molecule is COc1ccc2[nH]c(C3CCN(CCCCc4c[nH]c5ccc(C(=O)O)cc45)CC3)cc2c1. The third kappa shape index (κ3) is 4.62. The van der Waals surface area contributed by atoms with E-state index in [1.807, 2.05) is 18.3 Å².